The number of aromatic hydroxyl groups is 1. The van der Waals surface area contributed by atoms with E-state index in [0.717, 1.165) is 28.8 Å². The zero-order valence-electron chi connectivity index (χ0n) is 14.2. The fourth-order valence-corrected chi connectivity index (χ4v) is 3.24. The summed E-state index contributed by atoms with van der Waals surface area (Å²) in [5.74, 6) is 0.890. The lowest BCUT2D eigenvalue weighted by molar-refractivity contribution is -0.125. The molecule has 1 aliphatic heterocycles. The topological polar surface area (TPSA) is 67.1 Å². The summed E-state index contributed by atoms with van der Waals surface area (Å²) < 4.78 is 8.14. The number of ether oxygens (including phenoxy) is 1. The number of nitrogens with zero attached hydrogens (tertiary/aromatic N) is 3. The van der Waals surface area contributed by atoms with Crippen molar-refractivity contribution in [3.8, 4) is 22.6 Å². The van der Waals surface area contributed by atoms with Gasteiger partial charge in [0.25, 0.3) is 0 Å². The van der Waals surface area contributed by atoms with Crippen molar-refractivity contribution < 1.29 is 14.6 Å². The molecule has 0 bridgehead atoms. The van der Waals surface area contributed by atoms with Gasteiger partial charge in [0.05, 0.1) is 19.1 Å². The van der Waals surface area contributed by atoms with Gasteiger partial charge in [0, 0.05) is 24.7 Å². The minimum Gasteiger partial charge on any atom is -0.508 e. The maximum atomic E-state index is 11.8. The van der Waals surface area contributed by atoms with E-state index in [-0.39, 0.29) is 17.8 Å². The molecule has 132 valence electrons. The number of pyridine rings is 1. The van der Waals surface area contributed by atoms with Gasteiger partial charge in [0.2, 0.25) is 5.91 Å². The molecule has 1 amide bonds. The van der Waals surface area contributed by atoms with Crippen LogP contribution in [0.3, 0.4) is 0 Å². The number of rotatable bonds is 4. The number of imidazole rings is 1. The van der Waals surface area contributed by atoms with E-state index in [0.29, 0.717) is 13.1 Å². The lowest BCUT2D eigenvalue weighted by Gasteiger charge is -2.17. The Morgan fingerprint density at radius 3 is 2.88 bits per heavy atom. The number of aromatic nitrogens is 2. The highest BCUT2D eigenvalue weighted by molar-refractivity contribution is 5.87. The summed E-state index contributed by atoms with van der Waals surface area (Å²) in [5.41, 5.74) is 2.81. The van der Waals surface area contributed by atoms with Crippen LogP contribution in [0.2, 0.25) is 0 Å². The van der Waals surface area contributed by atoms with E-state index in [2.05, 4.69) is 11.6 Å². The van der Waals surface area contributed by atoms with Gasteiger partial charge in [-0.05, 0) is 29.8 Å². The van der Waals surface area contributed by atoms with Crippen LogP contribution in [0.1, 0.15) is 6.42 Å². The van der Waals surface area contributed by atoms with Gasteiger partial charge in [-0.3, -0.25) is 4.79 Å². The lowest BCUT2D eigenvalue weighted by atomic mass is 10.1. The third-order valence-electron chi connectivity index (χ3n) is 4.61. The molecule has 0 radical (unpaired) electrons. The van der Waals surface area contributed by atoms with Gasteiger partial charge in [-0.1, -0.05) is 18.7 Å². The first-order valence-corrected chi connectivity index (χ1v) is 8.47. The average Bonchev–Trinajstić information content (AvgIpc) is 3.31. The van der Waals surface area contributed by atoms with Gasteiger partial charge in [0.1, 0.15) is 23.1 Å². The van der Waals surface area contributed by atoms with Crippen molar-refractivity contribution in [3.05, 3.63) is 61.7 Å². The summed E-state index contributed by atoms with van der Waals surface area (Å²) in [6.07, 6.45) is 7.52. The quantitative estimate of drug-likeness (QED) is 0.736. The highest BCUT2D eigenvalue weighted by Crippen LogP contribution is 2.30. The molecule has 0 saturated carbocycles. The third-order valence-corrected chi connectivity index (χ3v) is 4.61. The zero-order valence-corrected chi connectivity index (χ0v) is 14.2. The molecule has 1 aliphatic rings. The summed E-state index contributed by atoms with van der Waals surface area (Å²) in [5, 5.41) is 9.50. The van der Waals surface area contributed by atoms with E-state index in [1.807, 2.05) is 28.8 Å². The molecule has 4 rings (SSSR count). The molecule has 3 heterocycles. The van der Waals surface area contributed by atoms with Crippen molar-refractivity contribution in [2.75, 3.05) is 13.1 Å². The molecule has 26 heavy (non-hydrogen) atoms. The Morgan fingerprint density at radius 2 is 2.12 bits per heavy atom. The van der Waals surface area contributed by atoms with Gasteiger partial charge < -0.3 is 19.1 Å². The Hall–Kier alpha value is -3.28. The second-order valence-corrected chi connectivity index (χ2v) is 6.34. The number of phenols is 1. The Bertz CT molecular complexity index is 962. The van der Waals surface area contributed by atoms with Crippen LogP contribution in [0.4, 0.5) is 0 Å². The van der Waals surface area contributed by atoms with Crippen LogP contribution in [0.25, 0.3) is 16.6 Å². The van der Waals surface area contributed by atoms with Crippen LogP contribution in [0.5, 0.6) is 11.5 Å². The van der Waals surface area contributed by atoms with E-state index in [9.17, 15) is 9.90 Å². The SMILES string of the molecule is C=CC(=O)N1CC[C@H](Oc2cc(-c3ccc(O)cc3)cn3cncc23)C1. The fraction of sp³-hybridized carbons (Fsp3) is 0.200. The molecule has 0 spiro atoms. The molecule has 1 aromatic carbocycles. The minimum atomic E-state index is -0.0663. The summed E-state index contributed by atoms with van der Waals surface area (Å²) in [4.78, 5) is 17.7. The molecular weight excluding hydrogens is 330 g/mol. The molecule has 3 aromatic rings. The molecule has 0 aliphatic carbocycles. The van der Waals surface area contributed by atoms with Gasteiger partial charge in [-0.15, -0.1) is 0 Å². The van der Waals surface area contributed by atoms with Crippen molar-refractivity contribution in [3.63, 3.8) is 0 Å². The van der Waals surface area contributed by atoms with Gasteiger partial charge in [-0.2, -0.15) is 0 Å². The smallest absolute Gasteiger partial charge is 0.246 e. The molecular formula is C20H19N3O3. The van der Waals surface area contributed by atoms with Crippen LogP contribution in [0, 0.1) is 0 Å². The van der Waals surface area contributed by atoms with E-state index < -0.39 is 0 Å². The van der Waals surface area contributed by atoms with E-state index in [1.165, 1.54) is 6.08 Å². The average molecular weight is 349 g/mol. The highest BCUT2D eigenvalue weighted by Gasteiger charge is 2.27. The first kappa shape index (κ1) is 16.2. The van der Waals surface area contributed by atoms with Gasteiger partial charge >= 0.3 is 0 Å². The Balaban J connectivity index is 1.64. The van der Waals surface area contributed by atoms with Crippen molar-refractivity contribution in [1.82, 2.24) is 14.3 Å². The molecule has 0 unspecified atom stereocenters. The number of fused-ring (bicyclic) bond motifs is 1. The molecule has 1 fully saturated rings. The number of carbonyl (C=O) groups is 1. The predicted octanol–water partition coefficient (Wildman–Crippen LogP) is 2.87. The predicted molar refractivity (Wildman–Crippen MR) is 98.1 cm³/mol. The van der Waals surface area contributed by atoms with Crippen LogP contribution >= 0.6 is 0 Å². The standard InChI is InChI=1S/C20H19N3O3/c1-2-20(25)22-8-7-17(12-22)26-19-9-15(11-23-13-21-10-18(19)23)14-3-5-16(24)6-4-14/h2-6,9-11,13,17,24H,1,7-8,12H2/t17-/m0/s1. The first-order chi connectivity index (χ1) is 12.6. The molecule has 6 heteroatoms. The molecule has 2 aromatic heterocycles. The van der Waals surface area contributed by atoms with Crippen molar-refractivity contribution in [2.45, 2.75) is 12.5 Å². The number of amides is 1. The van der Waals surface area contributed by atoms with Crippen LogP contribution in [-0.4, -0.2) is 44.5 Å². The van der Waals surface area contributed by atoms with Crippen molar-refractivity contribution in [1.29, 1.82) is 0 Å². The largest absolute Gasteiger partial charge is 0.508 e. The molecule has 1 N–H and O–H groups in total. The highest BCUT2D eigenvalue weighted by atomic mass is 16.5. The van der Waals surface area contributed by atoms with Crippen molar-refractivity contribution >= 4 is 11.4 Å². The number of hydrogen-bond acceptors (Lipinski definition) is 4. The summed E-state index contributed by atoms with van der Waals surface area (Å²) in [7, 11) is 0. The van der Waals surface area contributed by atoms with Gasteiger partial charge in [0.15, 0.2) is 0 Å². The summed E-state index contributed by atoms with van der Waals surface area (Å²) >= 11 is 0. The van der Waals surface area contributed by atoms with Gasteiger partial charge in [-0.25, -0.2) is 4.98 Å². The van der Waals surface area contributed by atoms with E-state index >= 15 is 0 Å². The summed E-state index contributed by atoms with van der Waals surface area (Å²) in [6.45, 7) is 4.76. The number of benzene rings is 1. The molecule has 6 nitrogen and oxygen atoms in total. The number of phenolic OH excluding ortho intramolecular Hbond substituents is 1. The number of carbonyl (C=O) groups excluding carboxylic acids is 1. The van der Waals surface area contributed by atoms with Crippen LogP contribution < -0.4 is 4.74 Å². The van der Waals surface area contributed by atoms with Crippen LogP contribution in [0.15, 0.2) is 61.7 Å². The number of likely N-dealkylation sites (tertiary alicyclic amines) is 1. The monoisotopic (exact) mass is 349 g/mol. The maximum Gasteiger partial charge on any atom is 0.246 e. The van der Waals surface area contributed by atoms with Crippen molar-refractivity contribution in [2.24, 2.45) is 0 Å². The number of hydrogen-bond donors (Lipinski definition) is 1. The Morgan fingerprint density at radius 1 is 1.31 bits per heavy atom. The Kier molecular flexibility index (Phi) is 4.08. The van der Waals surface area contributed by atoms with E-state index in [4.69, 9.17) is 4.74 Å². The fourth-order valence-electron chi connectivity index (χ4n) is 3.24. The minimum absolute atomic E-state index is 0.0623. The molecule has 1 saturated heterocycles. The second-order valence-electron chi connectivity index (χ2n) is 6.34. The van der Waals surface area contributed by atoms with E-state index in [1.54, 1.807) is 29.6 Å². The summed E-state index contributed by atoms with van der Waals surface area (Å²) in [6, 6.07) is 9.00. The second kappa shape index (κ2) is 6.55. The normalized spacial score (nSPS) is 16.8. The lowest BCUT2D eigenvalue weighted by Crippen LogP contribution is -2.29. The maximum absolute atomic E-state index is 11.8. The molecule has 1 atom stereocenters. The third kappa shape index (κ3) is 3.01. The van der Waals surface area contributed by atoms with Crippen LogP contribution in [-0.2, 0) is 4.79 Å². The first-order valence-electron chi connectivity index (χ1n) is 8.47. The Labute approximate surface area is 151 Å². The zero-order chi connectivity index (χ0) is 18.1.